The third kappa shape index (κ3) is 6.04. The molecule has 0 unspecified atom stereocenters. The van der Waals surface area contributed by atoms with Crippen LogP contribution in [0.3, 0.4) is 0 Å². The van der Waals surface area contributed by atoms with Crippen LogP contribution in [0.25, 0.3) is 0 Å². The standard InChI is InChI=1S/C29H41ClN2/c1-17(2)23-13-11-14-24(18(3)4)28(23)31-21(9)27(30)22(10)32-29-25(19(5)6)15-12-16-26(29)20(7)8/h11-20,31H,1-10H3/b27-21+,32-22?. The first-order valence-corrected chi connectivity index (χ1v) is 12.3. The number of halogens is 1. The van der Waals surface area contributed by atoms with Gasteiger partial charge in [0, 0.05) is 11.4 Å². The molecule has 0 aromatic heterocycles. The predicted molar refractivity (Wildman–Crippen MR) is 144 cm³/mol. The van der Waals surface area contributed by atoms with E-state index >= 15 is 0 Å². The van der Waals surface area contributed by atoms with Gasteiger partial charge in [-0.15, -0.1) is 0 Å². The molecule has 0 aliphatic rings. The van der Waals surface area contributed by atoms with Gasteiger partial charge < -0.3 is 5.32 Å². The number of rotatable bonds is 8. The molecule has 0 heterocycles. The number of nitrogens with one attached hydrogen (secondary N) is 1. The lowest BCUT2D eigenvalue weighted by Crippen LogP contribution is -2.09. The van der Waals surface area contributed by atoms with Crippen molar-refractivity contribution < 1.29 is 0 Å². The van der Waals surface area contributed by atoms with Gasteiger partial charge in [0.25, 0.3) is 0 Å². The van der Waals surface area contributed by atoms with E-state index in [2.05, 4.69) is 97.1 Å². The molecule has 0 amide bonds. The second kappa shape index (κ2) is 11.2. The van der Waals surface area contributed by atoms with E-state index in [1.165, 1.54) is 27.9 Å². The quantitative estimate of drug-likeness (QED) is 0.396. The Morgan fingerprint density at radius 1 is 0.688 bits per heavy atom. The van der Waals surface area contributed by atoms with Crippen LogP contribution < -0.4 is 5.32 Å². The van der Waals surface area contributed by atoms with E-state index in [-0.39, 0.29) is 0 Å². The fraction of sp³-hybridized carbons (Fsp3) is 0.483. The predicted octanol–water partition coefficient (Wildman–Crippen LogP) is 9.85. The van der Waals surface area contributed by atoms with Crippen molar-refractivity contribution in [1.82, 2.24) is 0 Å². The minimum Gasteiger partial charge on any atom is -0.357 e. The van der Waals surface area contributed by atoms with Crippen LogP contribution in [0, 0.1) is 0 Å². The lowest BCUT2D eigenvalue weighted by molar-refractivity contribution is 0.834. The minimum atomic E-state index is 0.397. The first kappa shape index (κ1) is 26.2. The minimum absolute atomic E-state index is 0.397. The van der Waals surface area contributed by atoms with Crippen LogP contribution in [0.2, 0.25) is 0 Å². The molecule has 2 aromatic rings. The first-order chi connectivity index (χ1) is 15.0. The SMILES string of the molecule is CC(=Nc1c(C(C)C)cccc1C(C)C)/C(Cl)=C(/C)Nc1c(C(C)C)cccc1C(C)C. The third-order valence-electron chi connectivity index (χ3n) is 5.95. The van der Waals surface area contributed by atoms with Gasteiger partial charge in [-0.3, -0.25) is 4.99 Å². The van der Waals surface area contributed by atoms with Gasteiger partial charge in [-0.05, 0) is 59.8 Å². The molecule has 32 heavy (non-hydrogen) atoms. The van der Waals surface area contributed by atoms with Crippen LogP contribution in [-0.4, -0.2) is 5.71 Å². The molecule has 0 bridgehead atoms. The maximum atomic E-state index is 6.90. The van der Waals surface area contributed by atoms with E-state index in [4.69, 9.17) is 16.6 Å². The molecule has 0 aliphatic heterocycles. The lowest BCUT2D eigenvalue weighted by Gasteiger charge is -2.22. The molecule has 174 valence electrons. The third-order valence-corrected chi connectivity index (χ3v) is 6.51. The summed E-state index contributed by atoms with van der Waals surface area (Å²) in [7, 11) is 0. The fourth-order valence-corrected chi connectivity index (χ4v) is 4.16. The van der Waals surface area contributed by atoms with Crippen molar-refractivity contribution in [3.05, 3.63) is 69.4 Å². The van der Waals surface area contributed by atoms with Gasteiger partial charge in [0.1, 0.15) is 0 Å². The summed E-state index contributed by atoms with van der Waals surface area (Å²) in [5.41, 5.74) is 9.13. The molecule has 2 rings (SSSR count). The second-order valence-corrected chi connectivity index (χ2v) is 10.4. The zero-order valence-electron chi connectivity index (χ0n) is 21.6. The highest BCUT2D eigenvalue weighted by molar-refractivity contribution is 6.43. The van der Waals surface area contributed by atoms with Crippen LogP contribution in [0.15, 0.2) is 52.1 Å². The van der Waals surface area contributed by atoms with Gasteiger partial charge >= 0.3 is 0 Å². The molecule has 0 fully saturated rings. The maximum absolute atomic E-state index is 6.90. The average Bonchev–Trinajstić information content (AvgIpc) is 2.72. The number of anilines is 1. The number of hydrogen-bond donors (Lipinski definition) is 1. The topological polar surface area (TPSA) is 24.4 Å². The number of benzene rings is 2. The molecular weight excluding hydrogens is 412 g/mol. The Kier molecular flexibility index (Phi) is 9.16. The van der Waals surface area contributed by atoms with Crippen molar-refractivity contribution >= 4 is 28.7 Å². The van der Waals surface area contributed by atoms with Crippen molar-refractivity contribution in [2.45, 2.75) is 92.9 Å². The zero-order valence-corrected chi connectivity index (χ0v) is 22.4. The summed E-state index contributed by atoms with van der Waals surface area (Å²) in [6.45, 7) is 21.8. The number of hydrogen-bond acceptors (Lipinski definition) is 2. The molecular formula is C29H41ClN2. The van der Waals surface area contributed by atoms with Gasteiger partial charge in [0.2, 0.25) is 0 Å². The van der Waals surface area contributed by atoms with Crippen LogP contribution in [0.1, 0.15) is 115 Å². The van der Waals surface area contributed by atoms with E-state index in [0.29, 0.717) is 28.7 Å². The van der Waals surface area contributed by atoms with Gasteiger partial charge in [-0.1, -0.05) is 103 Å². The second-order valence-electron chi connectivity index (χ2n) is 9.98. The molecule has 0 radical (unpaired) electrons. The fourth-order valence-electron chi connectivity index (χ4n) is 4.07. The van der Waals surface area contributed by atoms with E-state index in [9.17, 15) is 0 Å². The van der Waals surface area contributed by atoms with Crippen LogP contribution in [-0.2, 0) is 0 Å². The van der Waals surface area contributed by atoms with E-state index in [1.807, 2.05) is 13.8 Å². The maximum Gasteiger partial charge on any atom is 0.0807 e. The number of allylic oxidation sites excluding steroid dienone is 2. The van der Waals surface area contributed by atoms with E-state index in [0.717, 1.165) is 17.1 Å². The van der Waals surface area contributed by atoms with Gasteiger partial charge in [-0.2, -0.15) is 0 Å². The Balaban J connectivity index is 2.56. The summed E-state index contributed by atoms with van der Waals surface area (Å²) in [6, 6.07) is 13.1. The Hall–Kier alpha value is -2.06. The van der Waals surface area contributed by atoms with Gasteiger partial charge in [-0.25, -0.2) is 0 Å². The molecule has 0 saturated heterocycles. The Morgan fingerprint density at radius 3 is 1.44 bits per heavy atom. The molecule has 1 N–H and O–H groups in total. The van der Waals surface area contributed by atoms with Crippen LogP contribution >= 0.6 is 11.6 Å². The van der Waals surface area contributed by atoms with Crippen LogP contribution in [0.5, 0.6) is 0 Å². The number of aliphatic imine (C=N–C) groups is 1. The zero-order chi connectivity index (χ0) is 24.2. The van der Waals surface area contributed by atoms with Crippen molar-refractivity contribution in [1.29, 1.82) is 0 Å². The summed E-state index contributed by atoms with van der Waals surface area (Å²) in [4.78, 5) is 5.07. The Labute approximate surface area is 201 Å². The summed E-state index contributed by atoms with van der Waals surface area (Å²) >= 11 is 6.90. The average molecular weight is 453 g/mol. The molecule has 0 saturated carbocycles. The largest absolute Gasteiger partial charge is 0.357 e. The van der Waals surface area contributed by atoms with Gasteiger partial charge in [0.05, 0.1) is 16.4 Å². The monoisotopic (exact) mass is 452 g/mol. The van der Waals surface area contributed by atoms with Crippen molar-refractivity contribution in [2.75, 3.05) is 5.32 Å². The smallest absolute Gasteiger partial charge is 0.0807 e. The molecule has 0 aliphatic carbocycles. The van der Waals surface area contributed by atoms with Crippen molar-refractivity contribution in [3.63, 3.8) is 0 Å². The van der Waals surface area contributed by atoms with Crippen molar-refractivity contribution in [3.8, 4) is 0 Å². The summed E-state index contributed by atoms with van der Waals surface area (Å²) in [5, 5.41) is 4.32. The normalized spacial score (nSPS) is 13.4. The summed E-state index contributed by atoms with van der Waals surface area (Å²) < 4.78 is 0. The van der Waals surface area contributed by atoms with E-state index < -0.39 is 0 Å². The summed E-state index contributed by atoms with van der Waals surface area (Å²) in [5.74, 6) is 1.63. The van der Waals surface area contributed by atoms with Gasteiger partial charge in [0.15, 0.2) is 0 Å². The number of para-hydroxylation sites is 2. The summed E-state index contributed by atoms with van der Waals surface area (Å²) in [6.07, 6.45) is 0. The lowest BCUT2D eigenvalue weighted by atomic mass is 9.92. The van der Waals surface area contributed by atoms with Crippen LogP contribution in [0.4, 0.5) is 11.4 Å². The highest BCUT2D eigenvalue weighted by Crippen LogP contribution is 2.36. The molecule has 0 spiro atoms. The van der Waals surface area contributed by atoms with Crippen molar-refractivity contribution in [2.24, 2.45) is 4.99 Å². The number of nitrogens with zero attached hydrogens (tertiary/aromatic N) is 1. The molecule has 2 nitrogen and oxygen atoms in total. The highest BCUT2D eigenvalue weighted by atomic mass is 35.5. The molecule has 2 aromatic carbocycles. The highest BCUT2D eigenvalue weighted by Gasteiger charge is 2.17. The van der Waals surface area contributed by atoms with E-state index in [1.54, 1.807) is 0 Å². The first-order valence-electron chi connectivity index (χ1n) is 11.9. The Morgan fingerprint density at radius 2 is 1.06 bits per heavy atom. The Bertz CT molecular complexity index is 942. The molecule has 0 atom stereocenters. The molecule has 3 heteroatoms.